The van der Waals surface area contributed by atoms with Crippen molar-refractivity contribution in [3.8, 4) is 0 Å². The standard InChI is InChI=1S/C12H20ClNO5/c1-12(2,3)19-11(16)14-9-4-5-17-6-8(9)10(15)18-7-13/h8-9H,4-7H2,1-3H3,(H,14,16). The van der Waals surface area contributed by atoms with Crippen LogP contribution in [-0.2, 0) is 19.0 Å². The Morgan fingerprint density at radius 1 is 1.42 bits per heavy atom. The first-order valence-electron chi connectivity index (χ1n) is 6.13. The van der Waals surface area contributed by atoms with Gasteiger partial charge in [-0.1, -0.05) is 11.6 Å². The predicted molar refractivity (Wildman–Crippen MR) is 68.9 cm³/mol. The fraction of sp³-hybridized carbons (Fsp3) is 0.833. The molecule has 1 heterocycles. The van der Waals surface area contributed by atoms with Crippen molar-refractivity contribution in [1.29, 1.82) is 0 Å². The molecule has 1 N–H and O–H groups in total. The molecule has 1 fully saturated rings. The summed E-state index contributed by atoms with van der Waals surface area (Å²) in [7, 11) is 0. The summed E-state index contributed by atoms with van der Waals surface area (Å²) in [6.07, 6.45) is -0.0236. The average molecular weight is 294 g/mol. The third kappa shape index (κ3) is 5.65. The lowest BCUT2D eigenvalue weighted by atomic mass is 9.96. The molecular formula is C12H20ClNO5. The summed E-state index contributed by atoms with van der Waals surface area (Å²) in [6, 6.07) is -0.576. The van der Waals surface area contributed by atoms with Gasteiger partial charge in [-0.3, -0.25) is 4.79 Å². The Morgan fingerprint density at radius 3 is 2.68 bits per heavy atom. The Balaban J connectivity index is 2.57. The largest absolute Gasteiger partial charge is 0.449 e. The lowest BCUT2D eigenvalue weighted by molar-refractivity contribution is -0.152. The van der Waals surface area contributed by atoms with Gasteiger partial charge >= 0.3 is 12.1 Å². The maximum absolute atomic E-state index is 11.7. The molecule has 2 atom stereocenters. The number of halogens is 1. The molecule has 0 aromatic rings. The molecule has 6 nitrogen and oxygen atoms in total. The fourth-order valence-electron chi connectivity index (χ4n) is 1.76. The first-order valence-corrected chi connectivity index (χ1v) is 6.67. The van der Waals surface area contributed by atoms with Gasteiger partial charge in [0.1, 0.15) is 11.5 Å². The second kappa shape index (κ2) is 6.96. The van der Waals surface area contributed by atoms with E-state index in [1.165, 1.54) is 0 Å². The van der Waals surface area contributed by atoms with Gasteiger partial charge in [0.25, 0.3) is 0 Å². The summed E-state index contributed by atoms with van der Waals surface area (Å²) in [4.78, 5) is 23.4. The van der Waals surface area contributed by atoms with E-state index in [0.29, 0.717) is 13.0 Å². The molecule has 1 amide bonds. The Labute approximate surface area is 117 Å². The number of carbonyl (C=O) groups excluding carboxylic acids is 2. The highest BCUT2D eigenvalue weighted by Gasteiger charge is 2.34. The Kier molecular flexibility index (Phi) is 5.87. The number of alkyl carbamates (subject to hydrolysis) is 1. The molecule has 0 radical (unpaired) electrons. The van der Waals surface area contributed by atoms with Crippen LogP contribution in [0.3, 0.4) is 0 Å². The number of rotatable bonds is 3. The van der Waals surface area contributed by atoms with Crippen molar-refractivity contribution in [3.05, 3.63) is 0 Å². The van der Waals surface area contributed by atoms with Gasteiger partial charge in [0.15, 0.2) is 6.07 Å². The molecule has 0 aromatic carbocycles. The minimum absolute atomic E-state index is 0.205. The zero-order valence-electron chi connectivity index (χ0n) is 11.4. The lowest BCUT2D eigenvalue weighted by Gasteiger charge is -2.31. The highest BCUT2D eigenvalue weighted by molar-refractivity contribution is 6.17. The molecule has 0 bridgehead atoms. The molecule has 110 valence electrons. The molecule has 1 aliphatic rings. The Bertz CT molecular complexity index is 329. The number of hydrogen-bond donors (Lipinski definition) is 1. The van der Waals surface area contributed by atoms with Crippen molar-refractivity contribution in [1.82, 2.24) is 5.32 Å². The maximum atomic E-state index is 11.7. The molecule has 2 unspecified atom stereocenters. The van der Waals surface area contributed by atoms with Crippen molar-refractivity contribution in [2.45, 2.75) is 38.8 Å². The van der Waals surface area contributed by atoms with Crippen molar-refractivity contribution >= 4 is 23.7 Å². The van der Waals surface area contributed by atoms with Crippen molar-refractivity contribution in [2.75, 3.05) is 19.3 Å². The van der Waals surface area contributed by atoms with Gasteiger partial charge in [-0.2, -0.15) is 0 Å². The average Bonchev–Trinajstić information content (AvgIpc) is 2.27. The smallest absolute Gasteiger partial charge is 0.407 e. The van der Waals surface area contributed by atoms with Crippen LogP contribution in [0.4, 0.5) is 4.79 Å². The van der Waals surface area contributed by atoms with Gasteiger partial charge < -0.3 is 19.5 Å². The number of nitrogens with one attached hydrogen (secondary N) is 1. The predicted octanol–water partition coefficient (Wildman–Crippen LogP) is 1.66. The number of ether oxygens (including phenoxy) is 3. The van der Waals surface area contributed by atoms with Crippen LogP contribution in [0.2, 0.25) is 0 Å². The topological polar surface area (TPSA) is 73.9 Å². The van der Waals surface area contributed by atoms with E-state index in [0.717, 1.165) is 0 Å². The highest BCUT2D eigenvalue weighted by atomic mass is 35.5. The summed E-state index contributed by atoms with van der Waals surface area (Å²) >= 11 is 5.36. The van der Waals surface area contributed by atoms with Crippen LogP contribution in [0.1, 0.15) is 27.2 Å². The van der Waals surface area contributed by atoms with Gasteiger partial charge in [-0.25, -0.2) is 4.79 Å². The van der Waals surface area contributed by atoms with E-state index in [2.05, 4.69) is 5.32 Å². The van der Waals surface area contributed by atoms with Crippen LogP contribution in [0, 0.1) is 5.92 Å². The zero-order valence-corrected chi connectivity index (χ0v) is 12.2. The fourth-order valence-corrected chi connectivity index (χ4v) is 1.87. The highest BCUT2D eigenvalue weighted by Crippen LogP contribution is 2.17. The quantitative estimate of drug-likeness (QED) is 0.633. The molecule has 1 aliphatic heterocycles. The maximum Gasteiger partial charge on any atom is 0.407 e. The molecule has 0 aliphatic carbocycles. The summed E-state index contributed by atoms with van der Waals surface area (Å²) in [5.41, 5.74) is -0.582. The second-order valence-corrected chi connectivity index (χ2v) is 5.51. The van der Waals surface area contributed by atoms with Crippen LogP contribution in [0.25, 0.3) is 0 Å². The van der Waals surface area contributed by atoms with Gasteiger partial charge in [0.05, 0.1) is 6.61 Å². The lowest BCUT2D eigenvalue weighted by Crippen LogP contribution is -2.50. The van der Waals surface area contributed by atoms with E-state index in [9.17, 15) is 9.59 Å². The van der Waals surface area contributed by atoms with Crippen molar-refractivity contribution < 1.29 is 23.8 Å². The Morgan fingerprint density at radius 2 is 2.11 bits per heavy atom. The molecule has 0 aromatic heterocycles. The van der Waals surface area contributed by atoms with E-state index in [1.807, 2.05) is 0 Å². The van der Waals surface area contributed by atoms with Gasteiger partial charge in [-0.05, 0) is 27.2 Å². The molecule has 1 rings (SSSR count). The molecule has 7 heteroatoms. The summed E-state index contributed by atoms with van der Waals surface area (Å²) in [5, 5.41) is 2.68. The number of hydrogen-bond acceptors (Lipinski definition) is 5. The van der Waals surface area contributed by atoms with E-state index in [4.69, 9.17) is 25.8 Å². The first-order chi connectivity index (χ1) is 8.83. The molecule has 1 saturated heterocycles. The number of esters is 1. The van der Waals surface area contributed by atoms with Crippen LogP contribution in [-0.4, -0.2) is 43.0 Å². The summed E-state index contributed by atoms with van der Waals surface area (Å²) < 4.78 is 15.1. The van der Waals surface area contributed by atoms with Crippen LogP contribution in [0.15, 0.2) is 0 Å². The van der Waals surface area contributed by atoms with Crippen molar-refractivity contribution in [3.63, 3.8) is 0 Å². The third-order valence-corrected chi connectivity index (χ3v) is 2.67. The zero-order chi connectivity index (χ0) is 14.5. The molecule has 19 heavy (non-hydrogen) atoms. The number of amides is 1. The third-order valence-electron chi connectivity index (χ3n) is 2.56. The monoisotopic (exact) mass is 293 g/mol. The van der Waals surface area contributed by atoms with E-state index in [1.54, 1.807) is 20.8 Å². The SMILES string of the molecule is CC(C)(C)OC(=O)NC1CCOCC1C(=O)OCCl. The molecular weight excluding hydrogens is 274 g/mol. The van der Waals surface area contributed by atoms with Gasteiger partial charge in [0, 0.05) is 12.6 Å². The van der Waals surface area contributed by atoms with Gasteiger partial charge in [0.2, 0.25) is 0 Å². The number of alkyl halides is 1. The first kappa shape index (κ1) is 16.0. The minimum atomic E-state index is -0.582. The van der Waals surface area contributed by atoms with Crippen LogP contribution >= 0.6 is 11.6 Å². The molecule has 0 saturated carbocycles. The van der Waals surface area contributed by atoms with Crippen LogP contribution < -0.4 is 5.32 Å². The number of carbonyl (C=O) groups is 2. The summed E-state index contributed by atoms with van der Waals surface area (Å²) in [6.45, 7) is 6.00. The second-order valence-electron chi connectivity index (χ2n) is 5.30. The Hall–Kier alpha value is -1.01. The van der Waals surface area contributed by atoms with Crippen molar-refractivity contribution in [2.24, 2.45) is 5.92 Å². The normalized spacial score (nSPS) is 23.6. The van der Waals surface area contributed by atoms with Gasteiger partial charge in [-0.15, -0.1) is 0 Å². The minimum Gasteiger partial charge on any atom is -0.449 e. The van der Waals surface area contributed by atoms with Crippen LogP contribution in [0.5, 0.6) is 0 Å². The molecule has 0 spiro atoms. The van der Waals surface area contributed by atoms with E-state index >= 15 is 0 Å². The van der Waals surface area contributed by atoms with E-state index < -0.39 is 23.6 Å². The summed E-state index contributed by atoms with van der Waals surface area (Å²) in [5.74, 6) is -1.03. The van der Waals surface area contributed by atoms with E-state index in [-0.39, 0.29) is 18.7 Å².